The van der Waals surface area contributed by atoms with Gasteiger partial charge in [-0.2, -0.15) is 0 Å². The molecule has 130 valence electrons. The van der Waals surface area contributed by atoms with Crippen molar-refractivity contribution in [3.05, 3.63) is 22.2 Å². The maximum atomic E-state index is 11.8. The lowest BCUT2D eigenvalue weighted by Gasteiger charge is -2.28. The molecule has 1 saturated heterocycles. The van der Waals surface area contributed by atoms with E-state index in [1.54, 1.807) is 14.2 Å². The molecule has 1 fully saturated rings. The molecular weight excluding hydrogens is 382 g/mol. The van der Waals surface area contributed by atoms with Gasteiger partial charge in [-0.05, 0) is 46.9 Å². The van der Waals surface area contributed by atoms with Crippen LogP contribution in [0.15, 0.2) is 16.6 Å². The summed E-state index contributed by atoms with van der Waals surface area (Å²) < 4.78 is 35.1. The number of methoxy groups -OCH3 is 2. The molecule has 0 spiro atoms. The molecule has 1 heterocycles. The highest BCUT2D eigenvalue weighted by molar-refractivity contribution is 9.10. The van der Waals surface area contributed by atoms with E-state index < -0.39 is 9.84 Å². The van der Waals surface area contributed by atoms with Crippen LogP contribution >= 0.6 is 15.9 Å². The van der Waals surface area contributed by atoms with E-state index in [1.165, 1.54) is 0 Å². The van der Waals surface area contributed by atoms with E-state index in [-0.39, 0.29) is 11.8 Å². The Hall–Kier alpha value is -0.790. The van der Waals surface area contributed by atoms with Crippen LogP contribution in [0.1, 0.15) is 25.3 Å². The predicted octanol–water partition coefficient (Wildman–Crippen LogP) is 2.87. The third-order valence-electron chi connectivity index (χ3n) is 4.17. The zero-order valence-electron chi connectivity index (χ0n) is 13.8. The fraction of sp³-hybridized carbons (Fsp3) is 0.625. The number of nitrogens with zero attached hydrogens (tertiary/aromatic N) is 1. The molecule has 1 aliphatic heterocycles. The Balaban J connectivity index is 2.23. The quantitative estimate of drug-likeness (QED) is 0.697. The second kappa shape index (κ2) is 7.85. The van der Waals surface area contributed by atoms with Gasteiger partial charge in [0.2, 0.25) is 0 Å². The summed E-state index contributed by atoms with van der Waals surface area (Å²) in [7, 11) is 0.336. The third kappa shape index (κ3) is 4.39. The lowest BCUT2D eigenvalue weighted by molar-refractivity contribution is 0.203. The molecule has 0 radical (unpaired) electrons. The lowest BCUT2D eigenvalue weighted by Crippen LogP contribution is -2.36. The molecule has 0 N–H and O–H groups in total. The summed E-state index contributed by atoms with van der Waals surface area (Å²) in [6, 6.07) is 3.98. The lowest BCUT2D eigenvalue weighted by atomic mass is 10.1. The molecule has 1 aromatic rings. The van der Waals surface area contributed by atoms with Crippen molar-refractivity contribution in [2.24, 2.45) is 0 Å². The van der Waals surface area contributed by atoms with E-state index in [2.05, 4.69) is 27.8 Å². The number of hydrogen-bond donors (Lipinski definition) is 0. The van der Waals surface area contributed by atoms with Crippen molar-refractivity contribution in [2.45, 2.75) is 32.4 Å². The fourth-order valence-corrected chi connectivity index (χ4v) is 5.39. The van der Waals surface area contributed by atoms with Gasteiger partial charge < -0.3 is 9.47 Å². The van der Waals surface area contributed by atoms with Crippen LogP contribution in [0.25, 0.3) is 0 Å². The largest absolute Gasteiger partial charge is 0.493 e. The van der Waals surface area contributed by atoms with Crippen LogP contribution in [-0.2, 0) is 16.4 Å². The van der Waals surface area contributed by atoms with E-state index in [4.69, 9.17) is 9.47 Å². The first-order valence-corrected chi connectivity index (χ1v) is 10.4. The molecule has 7 heteroatoms. The molecule has 23 heavy (non-hydrogen) atoms. The molecule has 2 rings (SSSR count). The van der Waals surface area contributed by atoms with Gasteiger partial charge in [0.25, 0.3) is 0 Å². The molecular formula is C16H24BrNO4S. The first kappa shape index (κ1) is 18.5. The normalized spacial score (nSPS) is 20.0. The number of rotatable bonds is 7. The van der Waals surface area contributed by atoms with Gasteiger partial charge >= 0.3 is 0 Å². The second-order valence-electron chi connectivity index (χ2n) is 5.80. The van der Waals surface area contributed by atoms with Crippen LogP contribution in [0.5, 0.6) is 11.5 Å². The van der Waals surface area contributed by atoms with E-state index in [1.807, 2.05) is 12.1 Å². The average molecular weight is 406 g/mol. The van der Waals surface area contributed by atoms with Gasteiger partial charge in [0.15, 0.2) is 21.3 Å². The van der Waals surface area contributed by atoms with Crippen LogP contribution in [-0.4, -0.2) is 51.6 Å². The maximum Gasteiger partial charge on any atom is 0.175 e. The highest BCUT2D eigenvalue weighted by atomic mass is 79.9. The van der Waals surface area contributed by atoms with Crippen LogP contribution in [0.4, 0.5) is 0 Å². The number of ether oxygens (including phenoxy) is 2. The van der Waals surface area contributed by atoms with Crippen LogP contribution in [0.2, 0.25) is 0 Å². The molecule has 5 nitrogen and oxygen atoms in total. The van der Waals surface area contributed by atoms with Crippen molar-refractivity contribution in [1.82, 2.24) is 4.90 Å². The Morgan fingerprint density at radius 3 is 2.57 bits per heavy atom. The summed E-state index contributed by atoms with van der Waals surface area (Å²) in [6.07, 6.45) is 1.70. The first-order chi connectivity index (χ1) is 10.9. The standard InChI is InChI=1S/C16H24BrNO4S/c1-4-8-18(13-7-9-23(19,20)11-13)10-12-5-6-14(21-2)16(22-3)15(12)17/h5-6,13H,4,7-11H2,1-3H3. The van der Waals surface area contributed by atoms with Crippen LogP contribution < -0.4 is 9.47 Å². The van der Waals surface area contributed by atoms with Gasteiger partial charge in [-0.3, -0.25) is 4.90 Å². The molecule has 0 bridgehead atoms. The number of sulfone groups is 1. The van der Waals surface area contributed by atoms with Crippen molar-refractivity contribution >= 4 is 25.8 Å². The molecule has 0 aromatic heterocycles. The summed E-state index contributed by atoms with van der Waals surface area (Å²) >= 11 is 3.59. The summed E-state index contributed by atoms with van der Waals surface area (Å²) in [4.78, 5) is 2.26. The SMILES string of the molecule is CCCN(Cc1ccc(OC)c(OC)c1Br)C1CCS(=O)(=O)C1. The van der Waals surface area contributed by atoms with Gasteiger partial charge in [0.1, 0.15) is 0 Å². The van der Waals surface area contributed by atoms with Crippen LogP contribution in [0.3, 0.4) is 0 Å². The van der Waals surface area contributed by atoms with Crippen molar-refractivity contribution in [1.29, 1.82) is 0 Å². The minimum Gasteiger partial charge on any atom is -0.493 e. The van der Waals surface area contributed by atoms with E-state index >= 15 is 0 Å². The summed E-state index contributed by atoms with van der Waals surface area (Å²) in [5.41, 5.74) is 1.07. The zero-order valence-corrected chi connectivity index (χ0v) is 16.2. The Morgan fingerprint density at radius 1 is 1.30 bits per heavy atom. The highest BCUT2D eigenvalue weighted by Crippen LogP contribution is 2.38. The minimum atomic E-state index is -2.88. The van der Waals surface area contributed by atoms with Gasteiger partial charge in [-0.25, -0.2) is 8.42 Å². The van der Waals surface area contributed by atoms with E-state index in [0.717, 1.165) is 23.0 Å². The van der Waals surface area contributed by atoms with Crippen molar-refractivity contribution in [3.8, 4) is 11.5 Å². The molecule has 1 aliphatic rings. The minimum absolute atomic E-state index is 0.0972. The Bertz CT molecular complexity index is 648. The van der Waals surface area contributed by atoms with Gasteiger partial charge in [0.05, 0.1) is 30.2 Å². The first-order valence-electron chi connectivity index (χ1n) is 7.75. The molecule has 1 atom stereocenters. The van der Waals surface area contributed by atoms with Crippen molar-refractivity contribution in [2.75, 3.05) is 32.3 Å². The van der Waals surface area contributed by atoms with Crippen LogP contribution in [0, 0.1) is 0 Å². The summed E-state index contributed by atoms with van der Waals surface area (Å²) in [5.74, 6) is 1.90. The fourth-order valence-electron chi connectivity index (χ4n) is 3.01. The van der Waals surface area contributed by atoms with E-state index in [0.29, 0.717) is 30.2 Å². The molecule has 1 unspecified atom stereocenters. The average Bonchev–Trinajstić information content (AvgIpc) is 2.88. The topological polar surface area (TPSA) is 55.8 Å². The van der Waals surface area contributed by atoms with Gasteiger partial charge in [-0.1, -0.05) is 13.0 Å². The third-order valence-corrected chi connectivity index (χ3v) is 6.79. The Labute approximate surface area is 147 Å². The van der Waals surface area contributed by atoms with Crippen molar-refractivity contribution in [3.63, 3.8) is 0 Å². The van der Waals surface area contributed by atoms with Crippen molar-refractivity contribution < 1.29 is 17.9 Å². The summed E-state index contributed by atoms with van der Waals surface area (Å²) in [5, 5.41) is 0. The second-order valence-corrected chi connectivity index (χ2v) is 8.82. The maximum absolute atomic E-state index is 11.8. The number of hydrogen-bond acceptors (Lipinski definition) is 5. The number of halogens is 1. The van der Waals surface area contributed by atoms with E-state index in [9.17, 15) is 8.42 Å². The molecule has 0 saturated carbocycles. The number of benzene rings is 1. The van der Waals surface area contributed by atoms with Gasteiger partial charge in [-0.15, -0.1) is 0 Å². The molecule has 0 aliphatic carbocycles. The Kier molecular flexibility index (Phi) is 6.33. The molecule has 0 amide bonds. The zero-order chi connectivity index (χ0) is 17.0. The smallest absolute Gasteiger partial charge is 0.175 e. The Morgan fingerprint density at radius 2 is 2.04 bits per heavy atom. The predicted molar refractivity (Wildman–Crippen MR) is 95.0 cm³/mol. The monoisotopic (exact) mass is 405 g/mol. The van der Waals surface area contributed by atoms with Gasteiger partial charge in [0, 0.05) is 12.6 Å². The molecule has 1 aromatic carbocycles. The summed E-state index contributed by atoms with van der Waals surface area (Å²) in [6.45, 7) is 3.68. The highest BCUT2D eigenvalue weighted by Gasteiger charge is 2.32.